The zero-order valence-electron chi connectivity index (χ0n) is 8.20. The highest BCUT2D eigenvalue weighted by molar-refractivity contribution is 5.13. The fourth-order valence-corrected chi connectivity index (χ4v) is 3.82. The number of hydrogen-bond donors (Lipinski definition) is 1. The lowest BCUT2D eigenvalue weighted by Crippen LogP contribution is -2.38. The van der Waals surface area contributed by atoms with Crippen LogP contribution in [0.1, 0.15) is 32.6 Å². The minimum atomic E-state index is -0.0757. The van der Waals surface area contributed by atoms with Gasteiger partial charge in [0.1, 0.15) is 5.60 Å². The molecule has 0 aromatic rings. The van der Waals surface area contributed by atoms with Gasteiger partial charge in [0.25, 0.3) is 0 Å². The molecule has 3 aliphatic rings. The maximum absolute atomic E-state index is 9.40. The number of fused-ring (bicyclic) bond motifs is 3. The number of ether oxygens (including phenoxy) is 1. The molecule has 3 fully saturated rings. The number of rotatable bonds is 1. The van der Waals surface area contributed by atoms with Crippen molar-refractivity contribution in [3.8, 4) is 0 Å². The van der Waals surface area contributed by atoms with E-state index in [1.807, 2.05) is 0 Å². The average molecular weight is 182 g/mol. The summed E-state index contributed by atoms with van der Waals surface area (Å²) >= 11 is 0. The Morgan fingerprint density at radius 3 is 2.92 bits per heavy atom. The van der Waals surface area contributed by atoms with Crippen LogP contribution < -0.4 is 0 Å². The SMILES string of the molecule is C[C@H]1CC[C@H]2[C@@H]1CC[C@H]1O[C@]12CO. The van der Waals surface area contributed by atoms with Crippen molar-refractivity contribution in [3.63, 3.8) is 0 Å². The first-order valence-corrected chi connectivity index (χ1v) is 5.56. The molecule has 2 nitrogen and oxygen atoms in total. The molecule has 1 heterocycles. The summed E-state index contributed by atoms with van der Waals surface area (Å²) in [4.78, 5) is 0. The predicted molar refractivity (Wildman–Crippen MR) is 49.3 cm³/mol. The van der Waals surface area contributed by atoms with Crippen molar-refractivity contribution in [2.24, 2.45) is 17.8 Å². The Bertz CT molecular complexity index is 228. The maximum atomic E-state index is 9.40. The fourth-order valence-electron chi connectivity index (χ4n) is 3.82. The van der Waals surface area contributed by atoms with Gasteiger partial charge < -0.3 is 9.84 Å². The number of aliphatic hydroxyl groups is 1. The normalized spacial score (nSPS) is 58.6. The van der Waals surface area contributed by atoms with Gasteiger partial charge in [-0.15, -0.1) is 0 Å². The summed E-state index contributed by atoms with van der Waals surface area (Å²) in [5.41, 5.74) is -0.0757. The maximum Gasteiger partial charge on any atom is 0.121 e. The Morgan fingerprint density at radius 1 is 1.31 bits per heavy atom. The molecule has 2 heteroatoms. The third kappa shape index (κ3) is 0.909. The molecule has 1 aliphatic heterocycles. The van der Waals surface area contributed by atoms with E-state index in [4.69, 9.17) is 4.74 Å². The Labute approximate surface area is 79.3 Å². The van der Waals surface area contributed by atoms with Crippen LogP contribution in [0, 0.1) is 17.8 Å². The standard InChI is InChI=1S/C11H18O2/c1-7-2-4-9-8(7)3-5-10-11(9,6-12)13-10/h7-10,12H,2-6H2,1H3/t7-,8+,9-,10+,11-/m0/s1. The second-order valence-electron chi connectivity index (χ2n) is 5.12. The quantitative estimate of drug-likeness (QED) is 0.624. The second-order valence-corrected chi connectivity index (χ2v) is 5.12. The second kappa shape index (κ2) is 2.48. The Kier molecular flexibility index (Phi) is 1.58. The molecular weight excluding hydrogens is 164 g/mol. The molecule has 3 rings (SSSR count). The predicted octanol–water partition coefficient (Wildman–Crippen LogP) is 1.57. The molecule has 5 atom stereocenters. The lowest BCUT2D eigenvalue weighted by Gasteiger charge is -2.31. The van der Waals surface area contributed by atoms with E-state index in [2.05, 4.69) is 6.92 Å². The Morgan fingerprint density at radius 2 is 2.15 bits per heavy atom. The summed E-state index contributed by atoms with van der Waals surface area (Å²) < 4.78 is 5.73. The summed E-state index contributed by atoms with van der Waals surface area (Å²) in [6.45, 7) is 2.62. The zero-order chi connectivity index (χ0) is 9.05. The van der Waals surface area contributed by atoms with Gasteiger partial charge in [-0.05, 0) is 37.0 Å². The van der Waals surface area contributed by atoms with E-state index in [0.717, 1.165) is 11.8 Å². The Balaban J connectivity index is 1.87. The molecule has 0 amide bonds. The van der Waals surface area contributed by atoms with Gasteiger partial charge in [0, 0.05) is 0 Å². The van der Waals surface area contributed by atoms with Crippen molar-refractivity contribution in [3.05, 3.63) is 0 Å². The molecule has 0 aromatic carbocycles. The van der Waals surface area contributed by atoms with Gasteiger partial charge in [0.05, 0.1) is 12.7 Å². The lowest BCUT2D eigenvalue weighted by atomic mass is 9.72. The van der Waals surface area contributed by atoms with E-state index in [1.165, 1.54) is 25.7 Å². The van der Waals surface area contributed by atoms with Gasteiger partial charge in [-0.2, -0.15) is 0 Å². The van der Waals surface area contributed by atoms with Crippen LogP contribution in [-0.4, -0.2) is 23.4 Å². The molecule has 0 bridgehead atoms. The molecule has 0 unspecified atom stereocenters. The smallest absolute Gasteiger partial charge is 0.121 e. The van der Waals surface area contributed by atoms with Gasteiger partial charge in [0.15, 0.2) is 0 Å². The van der Waals surface area contributed by atoms with E-state index in [-0.39, 0.29) is 12.2 Å². The van der Waals surface area contributed by atoms with E-state index in [9.17, 15) is 5.11 Å². The largest absolute Gasteiger partial charge is 0.393 e. The van der Waals surface area contributed by atoms with Crippen molar-refractivity contribution < 1.29 is 9.84 Å². The van der Waals surface area contributed by atoms with E-state index in [0.29, 0.717) is 12.0 Å². The summed E-state index contributed by atoms with van der Waals surface area (Å²) in [5.74, 6) is 2.37. The first-order chi connectivity index (χ1) is 6.28. The van der Waals surface area contributed by atoms with Gasteiger partial charge in [-0.3, -0.25) is 0 Å². The minimum Gasteiger partial charge on any atom is -0.393 e. The number of hydrogen-bond acceptors (Lipinski definition) is 2. The first-order valence-electron chi connectivity index (χ1n) is 5.56. The van der Waals surface area contributed by atoms with Crippen LogP contribution in [0.2, 0.25) is 0 Å². The van der Waals surface area contributed by atoms with Crippen molar-refractivity contribution in [2.45, 2.75) is 44.3 Å². The Hall–Kier alpha value is -0.0800. The molecule has 13 heavy (non-hydrogen) atoms. The molecule has 0 spiro atoms. The zero-order valence-corrected chi connectivity index (χ0v) is 8.20. The molecular formula is C11H18O2. The van der Waals surface area contributed by atoms with Gasteiger partial charge >= 0.3 is 0 Å². The molecule has 0 radical (unpaired) electrons. The van der Waals surface area contributed by atoms with Crippen LogP contribution in [0.5, 0.6) is 0 Å². The van der Waals surface area contributed by atoms with Crippen LogP contribution in [0.25, 0.3) is 0 Å². The molecule has 74 valence electrons. The third-order valence-corrected chi connectivity index (χ3v) is 4.67. The topological polar surface area (TPSA) is 32.8 Å². The molecule has 2 saturated carbocycles. The van der Waals surface area contributed by atoms with Crippen molar-refractivity contribution in [1.82, 2.24) is 0 Å². The lowest BCUT2D eigenvalue weighted by molar-refractivity contribution is 0.0908. The highest BCUT2D eigenvalue weighted by atomic mass is 16.6. The molecule has 1 saturated heterocycles. The van der Waals surface area contributed by atoms with Crippen molar-refractivity contribution >= 4 is 0 Å². The summed E-state index contributed by atoms with van der Waals surface area (Å²) in [6, 6.07) is 0. The highest BCUT2D eigenvalue weighted by Gasteiger charge is 2.66. The molecule has 2 aliphatic carbocycles. The summed E-state index contributed by atoms with van der Waals surface area (Å²) in [5, 5.41) is 9.40. The van der Waals surface area contributed by atoms with Gasteiger partial charge in [0.2, 0.25) is 0 Å². The third-order valence-electron chi connectivity index (χ3n) is 4.67. The first kappa shape index (κ1) is 8.25. The number of epoxide rings is 1. The van der Waals surface area contributed by atoms with Crippen molar-refractivity contribution in [1.29, 1.82) is 0 Å². The van der Waals surface area contributed by atoms with Crippen molar-refractivity contribution in [2.75, 3.05) is 6.61 Å². The van der Waals surface area contributed by atoms with E-state index < -0.39 is 0 Å². The van der Waals surface area contributed by atoms with Gasteiger partial charge in [-0.25, -0.2) is 0 Å². The van der Waals surface area contributed by atoms with E-state index >= 15 is 0 Å². The molecule has 1 N–H and O–H groups in total. The van der Waals surface area contributed by atoms with Crippen LogP contribution in [0.4, 0.5) is 0 Å². The average Bonchev–Trinajstić information content (AvgIpc) is 2.78. The summed E-state index contributed by atoms with van der Waals surface area (Å²) in [6.07, 6.45) is 5.55. The van der Waals surface area contributed by atoms with Gasteiger partial charge in [-0.1, -0.05) is 13.3 Å². The minimum absolute atomic E-state index is 0.0757. The van der Waals surface area contributed by atoms with Crippen LogP contribution in [0.3, 0.4) is 0 Å². The van der Waals surface area contributed by atoms with Crippen LogP contribution >= 0.6 is 0 Å². The van der Waals surface area contributed by atoms with Crippen LogP contribution in [0.15, 0.2) is 0 Å². The van der Waals surface area contributed by atoms with E-state index in [1.54, 1.807) is 0 Å². The fraction of sp³-hybridized carbons (Fsp3) is 1.00. The van der Waals surface area contributed by atoms with Crippen LogP contribution in [-0.2, 0) is 4.74 Å². The summed E-state index contributed by atoms with van der Waals surface area (Å²) in [7, 11) is 0. The number of aliphatic hydroxyl groups excluding tert-OH is 1. The monoisotopic (exact) mass is 182 g/mol. The molecule has 0 aromatic heterocycles. The highest BCUT2D eigenvalue weighted by Crippen LogP contribution is 2.59.